The molecule has 5 heteroatoms. The Morgan fingerprint density at radius 2 is 2.11 bits per heavy atom. The minimum atomic E-state index is -0.175. The molecular weight excluding hydrogens is 230 g/mol. The van der Waals surface area contributed by atoms with Crippen molar-refractivity contribution in [3.63, 3.8) is 0 Å². The van der Waals surface area contributed by atoms with Gasteiger partial charge in [-0.25, -0.2) is 0 Å². The lowest BCUT2D eigenvalue weighted by Crippen LogP contribution is -2.43. The Bertz CT molecular complexity index is 498. The van der Waals surface area contributed by atoms with E-state index in [-0.39, 0.29) is 5.54 Å². The number of furan rings is 1. The van der Waals surface area contributed by atoms with Gasteiger partial charge in [-0.2, -0.15) is 4.98 Å². The molecule has 18 heavy (non-hydrogen) atoms. The van der Waals surface area contributed by atoms with Gasteiger partial charge in [-0.15, -0.1) is 0 Å². The molecule has 0 aromatic carbocycles. The molecule has 0 bridgehead atoms. The Labute approximate surface area is 105 Å². The van der Waals surface area contributed by atoms with Crippen LogP contribution in [0.1, 0.15) is 38.0 Å². The van der Waals surface area contributed by atoms with E-state index < -0.39 is 0 Å². The molecule has 2 aromatic rings. The Balaban J connectivity index is 1.73. The van der Waals surface area contributed by atoms with Crippen LogP contribution in [0.5, 0.6) is 0 Å². The summed E-state index contributed by atoms with van der Waals surface area (Å²) < 4.78 is 10.5. The first-order valence-corrected chi connectivity index (χ1v) is 6.41. The lowest BCUT2D eigenvalue weighted by molar-refractivity contribution is 0.261. The molecule has 2 N–H and O–H groups in total. The molecule has 2 aromatic heterocycles. The van der Waals surface area contributed by atoms with Gasteiger partial charge in [0.15, 0.2) is 5.76 Å². The van der Waals surface area contributed by atoms with Crippen LogP contribution < -0.4 is 5.73 Å². The van der Waals surface area contributed by atoms with Crippen molar-refractivity contribution in [2.24, 2.45) is 5.73 Å². The zero-order chi connectivity index (χ0) is 12.4. The van der Waals surface area contributed by atoms with Crippen LogP contribution in [0.2, 0.25) is 0 Å². The van der Waals surface area contributed by atoms with Gasteiger partial charge in [0.25, 0.3) is 0 Å². The molecule has 0 unspecified atom stereocenters. The molecule has 0 amide bonds. The van der Waals surface area contributed by atoms with Crippen molar-refractivity contribution in [2.75, 3.05) is 0 Å². The van der Waals surface area contributed by atoms with Crippen LogP contribution in [0.3, 0.4) is 0 Å². The van der Waals surface area contributed by atoms with Crippen LogP contribution in [-0.4, -0.2) is 15.7 Å². The van der Waals surface area contributed by atoms with Crippen molar-refractivity contribution in [1.29, 1.82) is 0 Å². The fourth-order valence-corrected chi connectivity index (χ4v) is 2.57. The first kappa shape index (κ1) is 11.5. The zero-order valence-electron chi connectivity index (χ0n) is 10.3. The molecule has 0 saturated heterocycles. The molecule has 3 rings (SSSR count). The maximum Gasteiger partial charge on any atom is 0.238 e. The summed E-state index contributed by atoms with van der Waals surface area (Å²) in [6, 6.07) is 3.62. The smallest absolute Gasteiger partial charge is 0.238 e. The molecular formula is C13H17N3O2. The lowest BCUT2D eigenvalue weighted by Gasteiger charge is -2.31. The lowest BCUT2D eigenvalue weighted by atomic mass is 9.80. The van der Waals surface area contributed by atoms with Gasteiger partial charge in [0.05, 0.1) is 6.26 Å². The van der Waals surface area contributed by atoms with Gasteiger partial charge in [0, 0.05) is 12.0 Å². The normalized spacial score (nSPS) is 18.9. The van der Waals surface area contributed by atoms with Crippen LogP contribution in [0, 0.1) is 0 Å². The molecule has 2 heterocycles. The summed E-state index contributed by atoms with van der Waals surface area (Å²) in [7, 11) is 0. The van der Waals surface area contributed by atoms with Crippen molar-refractivity contribution >= 4 is 0 Å². The summed E-state index contributed by atoms with van der Waals surface area (Å²) in [5.41, 5.74) is 6.19. The molecule has 0 aliphatic heterocycles. The predicted octanol–water partition coefficient (Wildman–Crippen LogP) is 2.53. The standard InChI is InChI=1S/C13H17N3O2/c14-13(6-2-1-3-7-13)9-11-15-12(16-18-11)10-5-4-8-17-10/h4-5,8H,1-3,6-7,9,14H2. The van der Waals surface area contributed by atoms with Gasteiger partial charge < -0.3 is 14.7 Å². The summed E-state index contributed by atoms with van der Waals surface area (Å²) in [6.07, 6.45) is 7.97. The molecule has 1 saturated carbocycles. The van der Waals surface area contributed by atoms with E-state index in [9.17, 15) is 0 Å². The summed E-state index contributed by atoms with van der Waals surface area (Å²) in [5.74, 6) is 1.72. The number of rotatable bonds is 3. The third kappa shape index (κ3) is 2.31. The van der Waals surface area contributed by atoms with E-state index in [1.54, 1.807) is 12.3 Å². The van der Waals surface area contributed by atoms with E-state index in [0.29, 0.717) is 23.9 Å². The van der Waals surface area contributed by atoms with Gasteiger partial charge in [-0.05, 0) is 25.0 Å². The number of hydrogen-bond acceptors (Lipinski definition) is 5. The third-order valence-corrected chi connectivity index (χ3v) is 3.56. The minimum Gasteiger partial charge on any atom is -0.461 e. The third-order valence-electron chi connectivity index (χ3n) is 3.56. The van der Waals surface area contributed by atoms with E-state index in [1.807, 2.05) is 6.07 Å². The average molecular weight is 247 g/mol. The summed E-state index contributed by atoms with van der Waals surface area (Å²) in [5, 5.41) is 3.92. The van der Waals surface area contributed by atoms with Crippen LogP contribution in [0.4, 0.5) is 0 Å². The van der Waals surface area contributed by atoms with Gasteiger partial charge in [0.1, 0.15) is 0 Å². The van der Waals surface area contributed by atoms with Crippen molar-refractivity contribution in [3.8, 4) is 11.6 Å². The summed E-state index contributed by atoms with van der Waals surface area (Å²) >= 11 is 0. The van der Waals surface area contributed by atoms with Gasteiger partial charge in [-0.1, -0.05) is 24.4 Å². The van der Waals surface area contributed by atoms with Crippen LogP contribution in [0.25, 0.3) is 11.6 Å². The number of nitrogens with two attached hydrogens (primary N) is 1. The van der Waals surface area contributed by atoms with E-state index in [0.717, 1.165) is 12.8 Å². The monoisotopic (exact) mass is 247 g/mol. The molecule has 1 aliphatic carbocycles. The topological polar surface area (TPSA) is 78.1 Å². The molecule has 0 atom stereocenters. The van der Waals surface area contributed by atoms with Crippen LogP contribution in [0.15, 0.2) is 27.3 Å². The van der Waals surface area contributed by atoms with Gasteiger partial charge >= 0.3 is 0 Å². The number of hydrogen-bond donors (Lipinski definition) is 1. The highest BCUT2D eigenvalue weighted by Crippen LogP contribution is 2.29. The van der Waals surface area contributed by atoms with E-state index in [1.165, 1.54) is 19.3 Å². The van der Waals surface area contributed by atoms with Gasteiger partial charge in [-0.3, -0.25) is 0 Å². The quantitative estimate of drug-likeness (QED) is 0.901. The van der Waals surface area contributed by atoms with E-state index in [2.05, 4.69) is 10.1 Å². The Morgan fingerprint density at radius 1 is 1.28 bits per heavy atom. The first-order valence-electron chi connectivity index (χ1n) is 6.41. The minimum absolute atomic E-state index is 0.175. The SMILES string of the molecule is NC1(Cc2nc(-c3ccco3)no2)CCCCC1. The van der Waals surface area contributed by atoms with E-state index in [4.69, 9.17) is 14.7 Å². The highest BCUT2D eigenvalue weighted by Gasteiger charge is 2.30. The van der Waals surface area contributed by atoms with Crippen molar-refractivity contribution in [2.45, 2.75) is 44.1 Å². The molecule has 0 spiro atoms. The van der Waals surface area contributed by atoms with Crippen molar-refractivity contribution in [3.05, 3.63) is 24.3 Å². The Morgan fingerprint density at radius 3 is 2.83 bits per heavy atom. The van der Waals surface area contributed by atoms with E-state index >= 15 is 0 Å². The van der Waals surface area contributed by atoms with Gasteiger partial charge in [0.2, 0.25) is 11.7 Å². The molecule has 96 valence electrons. The largest absolute Gasteiger partial charge is 0.461 e. The number of aromatic nitrogens is 2. The highest BCUT2D eigenvalue weighted by atomic mass is 16.5. The second-order valence-corrected chi connectivity index (χ2v) is 5.09. The fourth-order valence-electron chi connectivity index (χ4n) is 2.57. The zero-order valence-corrected chi connectivity index (χ0v) is 10.3. The number of nitrogens with zero attached hydrogens (tertiary/aromatic N) is 2. The highest BCUT2D eigenvalue weighted by molar-refractivity contribution is 5.44. The predicted molar refractivity (Wildman–Crippen MR) is 65.7 cm³/mol. The van der Waals surface area contributed by atoms with Crippen LogP contribution >= 0.6 is 0 Å². The van der Waals surface area contributed by atoms with Crippen LogP contribution in [-0.2, 0) is 6.42 Å². The van der Waals surface area contributed by atoms with Crippen molar-refractivity contribution < 1.29 is 8.94 Å². The Hall–Kier alpha value is -1.62. The second-order valence-electron chi connectivity index (χ2n) is 5.09. The summed E-state index contributed by atoms with van der Waals surface area (Å²) in [6.45, 7) is 0. The first-order chi connectivity index (χ1) is 8.75. The average Bonchev–Trinajstić information content (AvgIpc) is 2.99. The molecule has 1 aliphatic rings. The molecule has 5 nitrogen and oxygen atoms in total. The molecule has 1 fully saturated rings. The van der Waals surface area contributed by atoms with Crippen molar-refractivity contribution in [1.82, 2.24) is 10.1 Å². The second kappa shape index (κ2) is 4.57. The maximum absolute atomic E-state index is 6.37. The Kier molecular flexibility index (Phi) is 2.91. The molecule has 0 radical (unpaired) electrons. The maximum atomic E-state index is 6.37. The fraction of sp³-hybridized carbons (Fsp3) is 0.538. The summed E-state index contributed by atoms with van der Waals surface area (Å²) in [4.78, 5) is 4.34.